The fraction of sp³-hybridized carbons (Fsp3) is 0.333. The highest BCUT2D eigenvalue weighted by Crippen LogP contribution is 1.89. The number of nitrogens with zero attached hydrogens (tertiary/aromatic N) is 2. The van der Waals surface area contributed by atoms with Gasteiger partial charge in [-0.1, -0.05) is 12.2 Å². The lowest BCUT2D eigenvalue weighted by atomic mass is 10.7. The summed E-state index contributed by atoms with van der Waals surface area (Å²) < 4.78 is 0. The molecule has 0 spiro atoms. The van der Waals surface area contributed by atoms with Gasteiger partial charge in [-0.2, -0.15) is 0 Å². The molecule has 0 bridgehead atoms. The molecule has 0 fully saturated rings. The predicted molar refractivity (Wildman–Crippen MR) is 32.0 cm³/mol. The van der Waals surface area contributed by atoms with Crippen molar-refractivity contribution in [3.8, 4) is 0 Å². The van der Waals surface area contributed by atoms with Crippen LogP contribution < -0.4 is 5.84 Å². The Morgan fingerprint density at radius 2 is 2.71 bits per heavy atom. The fourth-order valence-electron chi connectivity index (χ4n) is 0.353. The summed E-state index contributed by atoms with van der Waals surface area (Å²) in [6.45, 7) is 0.575. The van der Waals surface area contributed by atoms with E-state index in [0.29, 0.717) is 11.5 Å². The van der Waals surface area contributed by atoms with E-state index in [1.54, 1.807) is 0 Å². The molecule has 0 aromatic heterocycles. The van der Waals surface area contributed by atoms with Crippen molar-refractivity contribution in [2.24, 2.45) is 10.8 Å². The van der Waals surface area contributed by atoms with Crippen LogP contribution in [0.2, 0.25) is 0 Å². The van der Waals surface area contributed by atoms with Gasteiger partial charge in [-0.25, -0.2) is 5.84 Å². The molecule has 0 amide bonds. The summed E-state index contributed by atoms with van der Waals surface area (Å²) in [6.07, 6.45) is 1.52. The molecule has 4 heteroatoms. The summed E-state index contributed by atoms with van der Waals surface area (Å²) in [5.74, 6) is 5.22. The Kier molecular flexibility index (Phi) is 1.04. The van der Waals surface area contributed by atoms with Crippen LogP contribution in [0, 0.1) is 0 Å². The molecule has 0 saturated heterocycles. The van der Waals surface area contributed by atoms with E-state index in [0.717, 1.165) is 0 Å². The summed E-state index contributed by atoms with van der Waals surface area (Å²) in [6, 6.07) is 0. The first kappa shape index (κ1) is 4.67. The maximum atomic E-state index is 5.22. The van der Waals surface area contributed by atoms with Gasteiger partial charge in [0.2, 0.25) is 0 Å². The third-order valence-corrected chi connectivity index (χ3v) is 1.06. The average molecular weight is 115 g/mol. The molecular weight excluding hydrogens is 110 g/mol. The van der Waals surface area contributed by atoms with Crippen LogP contribution in [0.25, 0.3) is 0 Å². The lowest BCUT2D eigenvalue weighted by molar-refractivity contribution is 0.700. The second-order valence-electron chi connectivity index (χ2n) is 1.26. The first-order chi connectivity index (χ1) is 3.30. The number of nitrogens with two attached hydrogens (primary N) is 1. The zero-order valence-corrected chi connectivity index (χ0v) is 4.48. The highest BCUT2D eigenvalue weighted by molar-refractivity contribution is 7.80. The first-order valence-electron chi connectivity index (χ1n) is 1.87. The van der Waals surface area contributed by atoms with E-state index in [1.807, 2.05) is 0 Å². The lowest BCUT2D eigenvalue weighted by Gasteiger charge is -2.01. The van der Waals surface area contributed by atoms with Crippen LogP contribution in [0.1, 0.15) is 0 Å². The average Bonchev–Trinajstić information content (AvgIpc) is 1.91. The molecular formula is C3H5N3S. The number of aliphatic imine (C=N–C) groups is 1. The Balaban J connectivity index is 2.62. The Bertz CT molecular complexity index is 119. The molecule has 0 aromatic rings. The summed E-state index contributed by atoms with van der Waals surface area (Å²) in [5.41, 5.74) is 0. The first-order valence-corrected chi connectivity index (χ1v) is 2.28. The third kappa shape index (κ3) is 0.755. The van der Waals surface area contributed by atoms with Crippen molar-refractivity contribution in [1.29, 1.82) is 0 Å². The highest BCUT2D eigenvalue weighted by Gasteiger charge is 2.04. The van der Waals surface area contributed by atoms with E-state index in [4.69, 9.17) is 18.1 Å². The van der Waals surface area contributed by atoms with E-state index in [-0.39, 0.29) is 0 Å². The van der Waals surface area contributed by atoms with Crippen LogP contribution in [0.3, 0.4) is 0 Å². The number of hydrazine groups is 1. The molecule has 3 nitrogen and oxygen atoms in total. The minimum absolute atomic E-state index is 0.575. The zero-order chi connectivity index (χ0) is 5.28. The van der Waals surface area contributed by atoms with E-state index < -0.39 is 0 Å². The van der Waals surface area contributed by atoms with Crippen LogP contribution in [0.15, 0.2) is 4.99 Å². The molecule has 0 unspecified atom stereocenters. The van der Waals surface area contributed by atoms with Gasteiger partial charge in [0.25, 0.3) is 0 Å². The molecule has 7 heavy (non-hydrogen) atoms. The standard InChI is InChI=1S/C3H5N3S/c4-6-2-5-1-3(6)7/h2H,1,4H2. The van der Waals surface area contributed by atoms with Gasteiger partial charge in [-0.05, 0) is 0 Å². The van der Waals surface area contributed by atoms with Crippen LogP contribution >= 0.6 is 12.2 Å². The van der Waals surface area contributed by atoms with Crippen molar-refractivity contribution in [2.75, 3.05) is 6.54 Å². The van der Waals surface area contributed by atoms with Gasteiger partial charge >= 0.3 is 0 Å². The van der Waals surface area contributed by atoms with Crippen molar-refractivity contribution in [3.63, 3.8) is 0 Å². The van der Waals surface area contributed by atoms with Crippen molar-refractivity contribution in [1.82, 2.24) is 5.01 Å². The molecule has 1 heterocycles. The highest BCUT2D eigenvalue weighted by atomic mass is 32.1. The summed E-state index contributed by atoms with van der Waals surface area (Å²) in [4.78, 5) is 4.46. The Hall–Kier alpha value is -0.480. The lowest BCUT2D eigenvalue weighted by Crippen LogP contribution is -2.31. The molecule has 38 valence electrons. The second-order valence-corrected chi connectivity index (χ2v) is 1.73. The summed E-state index contributed by atoms with van der Waals surface area (Å²) in [5, 5.41) is 1.34. The summed E-state index contributed by atoms with van der Waals surface area (Å²) >= 11 is 4.72. The Morgan fingerprint density at radius 3 is 2.86 bits per heavy atom. The molecule has 0 aliphatic carbocycles. The number of thiocarbonyl (C=S) groups is 1. The van der Waals surface area contributed by atoms with Crippen molar-refractivity contribution in [2.45, 2.75) is 0 Å². The van der Waals surface area contributed by atoms with E-state index >= 15 is 0 Å². The minimum atomic E-state index is 0.575. The maximum Gasteiger partial charge on any atom is 0.120 e. The van der Waals surface area contributed by atoms with E-state index in [1.165, 1.54) is 11.3 Å². The van der Waals surface area contributed by atoms with Crippen LogP contribution in [0.5, 0.6) is 0 Å². The maximum absolute atomic E-state index is 5.22. The SMILES string of the molecule is NN1C=NCC1=S. The van der Waals surface area contributed by atoms with Crippen molar-refractivity contribution < 1.29 is 0 Å². The number of hydrogen-bond donors (Lipinski definition) is 1. The van der Waals surface area contributed by atoms with Crippen LogP contribution in [0.4, 0.5) is 0 Å². The summed E-state index contributed by atoms with van der Waals surface area (Å²) in [7, 11) is 0. The molecule has 0 atom stereocenters. The predicted octanol–water partition coefficient (Wildman–Crippen LogP) is -0.469. The van der Waals surface area contributed by atoms with Crippen LogP contribution in [-0.2, 0) is 0 Å². The Labute approximate surface area is 46.8 Å². The van der Waals surface area contributed by atoms with E-state index in [9.17, 15) is 0 Å². The molecule has 1 aliphatic heterocycles. The van der Waals surface area contributed by atoms with Gasteiger partial charge in [0.15, 0.2) is 0 Å². The Morgan fingerprint density at radius 1 is 2.00 bits per heavy atom. The number of hydrogen-bond acceptors (Lipinski definition) is 3. The van der Waals surface area contributed by atoms with Crippen LogP contribution in [-0.4, -0.2) is 22.9 Å². The third-order valence-electron chi connectivity index (χ3n) is 0.721. The number of rotatable bonds is 0. The fourth-order valence-corrected chi connectivity index (χ4v) is 0.475. The topological polar surface area (TPSA) is 41.6 Å². The normalized spacial score (nSPS) is 19.0. The smallest absolute Gasteiger partial charge is 0.120 e. The largest absolute Gasteiger partial charge is 0.267 e. The minimum Gasteiger partial charge on any atom is -0.267 e. The molecule has 1 aliphatic rings. The molecule has 2 N–H and O–H groups in total. The van der Waals surface area contributed by atoms with E-state index in [2.05, 4.69) is 4.99 Å². The van der Waals surface area contributed by atoms with Gasteiger partial charge < -0.3 is 0 Å². The monoisotopic (exact) mass is 115 g/mol. The van der Waals surface area contributed by atoms with Gasteiger partial charge in [-0.3, -0.25) is 10.0 Å². The van der Waals surface area contributed by atoms with Crippen molar-refractivity contribution >= 4 is 23.5 Å². The molecule has 0 saturated carbocycles. The van der Waals surface area contributed by atoms with Gasteiger partial charge in [0.1, 0.15) is 11.3 Å². The zero-order valence-electron chi connectivity index (χ0n) is 3.66. The van der Waals surface area contributed by atoms with Gasteiger partial charge in [-0.15, -0.1) is 0 Å². The molecule has 0 aromatic carbocycles. The molecule has 1 rings (SSSR count). The molecule has 0 radical (unpaired) electrons. The van der Waals surface area contributed by atoms with Gasteiger partial charge in [0.05, 0.1) is 6.54 Å². The second kappa shape index (κ2) is 1.55. The van der Waals surface area contributed by atoms with Crippen molar-refractivity contribution in [3.05, 3.63) is 0 Å². The quantitative estimate of drug-likeness (QED) is 0.343. The van der Waals surface area contributed by atoms with Gasteiger partial charge in [0, 0.05) is 0 Å².